The molecule has 2 aliphatic rings. The predicted molar refractivity (Wildman–Crippen MR) is 58.8 cm³/mol. The Morgan fingerprint density at radius 1 is 1.25 bits per heavy atom. The molecule has 2 unspecified atom stereocenters. The van der Waals surface area contributed by atoms with Gasteiger partial charge in [0.15, 0.2) is 0 Å². The van der Waals surface area contributed by atoms with Gasteiger partial charge in [-0.15, -0.1) is 0 Å². The van der Waals surface area contributed by atoms with Crippen LogP contribution in [0.15, 0.2) is 0 Å². The summed E-state index contributed by atoms with van der Waals surface area (Å²) in [7, 11) is 0. The van der Waals surface area contributed by atoms with E-state index < -0.39 is 5.97 Å². The standard InChI is InChI=1S/C12H19NO3/c1-2-7-6-10(7)13-11(14)8-3-4-9(5-8)12(15)16/h7-10H,2-6H2,1H3,(H,13,14)(H,15,16)/t7?,8-,9+,10?/m1/s1. The number of nitrogens with one attached hydrogen (secondary N) is 1. The monoisotopic (exact) mass is 225 g/mol. The third-order valence-electron chi connectivity index (χ3n) is 3.93. The van der Waals surface area contributed by atoms with Crippen molar-refractivity contribution in [1.82, 2.24) is 5.32 Å². The van der Waals surface area contributed by atoms with E-state index in [1.54, 1.807) is 0 Å². The number of carboxylic acids is 1. The summed E-state index contributed by atoms with van der Waals surface area (Å²) in [6.45, 7) is 2.13. The number of carboxylic acid groups (broad SMARTS) is 1. The molecule has 0 saturated heterocycles. The lowest BCUT2D eigenvalue weighted by Crippen LogP contribution is -2.32. The van der Waals surface area contributed by atoms with E-state index in [2.05, 4.69) is 12.2 Å². The zero-order valence-corrected chi connectivity index (χ0v) is 9.61. The minimum absolute atomic E-state index is 0.0702. The maximum atomic E-state index is 11.8. The lowest BCUT2D eigenvalue weighted by molar-refractivity contribution is -0.141. The van der Waals surface area contributed by atoms with E-state index in [0.717, 1.165) is 19.3 Å². The molecule has 2 saturated carbocycles. The van der Waals surface area contributed by atoms with Crippen LogP contribution < -0.4 is 5.32 Å². The van der Waals surface area contributed by atoms with E-state index in [1.165, 1.54) is 0 Å². The molecular formula is C12H19NO3. The highest BCUT2D eigenvalue weighted by molar-refractivity contribution is 5.81. The van der Waals surface area contributed by atoms with E-state index in [0.29, 0.717) is 24.8 Å². The van der Waals surface area contributed by atoms with Crippen LogP contribution in [0, 0.1) is 17.8 Å². The van der Waals surface area contributed by atoms with E-state index in [1.807, 2.05) is 0 Å². The minimum Gasteiger partial charge on any atom is -0.481 e. The smallest absolute Gasteiger partial charge is 0.306 e. The third-order valence-corrected chi connectivity index (χ3v) is 3.93. The number of amides is 1. The Morgan fingerprint density at radius 2 is 1.94 bits per heavy atom. The summed E-state index contributed by atoms with van der Waals surface area (Å²) in [4.78, 5) is 22.6. The maximum Gasteiger partial charge on any atom is 0.306 e. The molecule has 0 heterocycles. The van der Waals surface area contributed by atoms with Gasteiger partial charge in [-0.25, -0.2) is 0 Å². The molecule has 4 nitrogen and oxygen atoms in total. The quantitative estimate of drug-likeness (QED) is 0.760. The van der Waals surface area contributed by atoms with Crippen LogP contribution in [-0.2, 0) is 9.59 Å². The van der Waals surface area contributed by atoms with Gasteiger partial charge in [0.1, 0.15) is 0 Å². The lowest BCUT2D eigenvalue weighted by atomic mass is 10.0. The van der Waals surface area contributed by atoms with Crippen LogP contribution in [0.1, 0.15) is 39.0 Å². The fourth-order valence-corrected chi connectivity index (χ4v) is 2.62. The summed E-state index contributed by atoms with van der Waals surface area (Å²) in [6, 6.07) is 0.362. The van der Waals surface area contributed by atoms with Crippen LogP contribution in [0.2, 0.25) is 0 Å². The molecule has 0 spiro atoms. The number of carbonyl (C=O) groups is 2. The van der Waals surface area contributed by atoms with E-state index in [4.69, 9.17) is 5.11 Å². The number of hydrogen-bond donors (Lipinski definition) is 2. The molecule has 0 radical (unpaired) electrons. The summed E-state index contributed by atoms with van der Waals surface area (Å²) < 4.78 is 0. The molecule has 90 valence electrons. The van der Waals surface area contributed by atoms with Gasteiger partial charge in [-0.1, -0.05) is 13.3 Å². The fraction of sp³-hybridized carbons (Fsp3) is 0.833. The summed E-state index contributed by atoms with van der Waals surface area (Å²) in [5.74, 6) is -0.408. The van der Waals surface area contributed by atoms with Crippen LogP contribution in [0.5, 0.6) is 0 Å². The zero-order valence-electron chi connectivity index (χ0n) is 9.61. The van der Waals surface area contributed by atoms with E-state index >= 15 is 0 Å². The molecule has 16 heavy (non-hydrogen) atoms. The van der Waals surface area contributed by atoms with Crippen molar-refractivity contribution in [3.63, 3.8) is 0 Å². The van der Waals surface area contributed by atoms with Gasteiger partial charge in [-0.3, -0.25) is 9.59 Å². The summed E-state index contributed by atoms with van der Waals surface area (Å²) in [5.41, 5.74) is 0. The Morgan fingerprint density at radius 3 is 2.44 bits per heavy atom. The second-order valence-corrected chi connectivity index (χ2v) is 5.06. The third kappa shape index (κ3) is 2.36. The van der Waals surface area contributed by atoms with Gasteiger partial charge in [0.2, 0.25) is 5.91 Å². The van der Waals surface area contributed by atoms with Crippen molar-refractivity contribution in [3.05, 3.63) is 0 Å². The summed E-state index contributed by atoms with van der Waals surface area (Å²) in [6.07, 6.45) is 4.11. The highest BCUT2D eigenvalue weighted by Crippen LogP contribution is 2.35. The van der Waals surface area contributed by atoms with Crippen LogP contribution in [-0.4, -0.2) is 23.0 Å². The molecule has 0 aromatic heterocycles. The molecule has 2 fully saturated rings. The van der Waals surface area contributed by atoms with Gasteiger partial charge < -0.3 is 10.4 Å². The molecule has 2 aliphatic carbocycles. The molecule has 1 amide bonds. The number of rotatable bonds is 4. The van der Waals surface area contributed by atoms with Gasteiger partial charge in [0.25, 0.3) is 0 Å². The van der Waals surface area contributed by atoms with Gasteiger partial charge in [0, 0.05) is 12.0 Å². The highest BCUT2D eigenvalue weighted by atomic mass is 16.4. The Kier molecular flexibility index (Phi) is 3.17. The molecule has 0 aliphatic heterocycles. The van der Waals surface area contributed by atoms with Crippen molar-refractivity contribution in [3.8, 4) is 0 Å². The summed E-state index contributed by atoms with van der Waals surface area (Å²) in [5, 5.41) is 11.9. The predicted octanol–water partition coefficient (Wildman–Crippen LogP) is 1.40. The van der Waals surface area contributed by atoms with Crippen LogP contribution in [0.25, 0.3) is 0 Å². The first kappa shape index (κ1) is 11.4. The minimum atomic E-state index is -0.756. The second-order valence-electron chi connectivity index (χ2n) is 5.06. The molecule has 4 atom stereocenters. The molecule has 0 aromatic carbocycles. The number of hydrogen-bond acceptors (Lipinski definition) is 2. The topological polar surface area (TPSA) is 66.4 Å². The number of carbonyl (C=O) groups excluding carboxylic acids is 1. The van der Waals surface area contributed by atoms with E-state index in [-0.39, 0.29) is 17.7 Å². The van der Waals surface area contributed by atoms with Crippen molar-refractivity contribution >= 4 is 11.9 Å². The average molecular weight is 225 g/mol. The average Bonchev–Trinajstić information content (AvgIpc) is 2.80. The Labute approximate surface area is 95.4 Å². The van der Waals surface area contributed by atoms with Crippen molar-refractivity contribution in [2.75, 3.05) is 0 Å². The van der Waals surface area contributed by atoms with Crippen molar-refractivity contribution in [2.24, 2.45) is 17.8 Å². The Bertz CT molecular complexity index is 303. The van der Waals surface area contributed by atoms with Crippen molar-refractivity contribution in [2.45, 2.75) is 45.1 Å². The molecule has 0 aromatic rings. The molecule has 4 heteroatoms. The van der Waals surface area contributed by atoms with Crippen LogP contribution in [0.4, 0.5) is 0 Å². The first-order valence-electron chi connectivity index (χ1n) is 6.15. The first-order valence-corrected chi connectivity index (χ1v) is 6.15. The number of aliphatic carboxylic acids is 1. The van der Waals surface area contributed by atoms with Crippen molar-refractivity contribution in [1.29, 1.82) is 0 Å². The Balaban J connectivity index is 1.77. The summed E-state index contributed by atoms with van der Waals surface area (Å²) >= 11 is 0. The van der Waals surface area contributed by atoms with E-state index in [9.17, 15) is 9.59 Å². The van der Waals surface area contributed by atoms with Crippen molar-refractivity contribution < 1.29 is 14.7 Å². The van der Waals surface area contributed by atoms with Crippen LogP contribution >= 0.6 is 0 Å². The van der Waals surface area contributed by atoms with Crippen LogP contribution in [0.3, 0.4) is 0 Å². The molecule has 0 bridgehead atoms. The van der Waals surface area contributed by atoms with Gasteiger partial charge in [-0.2, -0.15) is 0 Å². The lowest BCUT2D eigenvalue weighted by Gasteiger charge is -2.10. The second kappa shape index (κ2) is 4.44. The SMILES string of the molecule is CCC1CC1NC(=O)[C@@H]1CC[C@H](C(=O)O)C1. The normalized spacial score (nSPS) is 37.1. The zero-order chi connectivity index (χ0) is 11.7. The first-order chi connectivity index (χ1) is 7.61. The fourth-order valence-electron chi connectivity index (χ4n) is 2.62. The largest absolute Gasteiger partial charge is 0.481 e. The Hall–Kier alpha value is -1.06. The maximum absolute atomic E-state index is 11.8. The van der Waals surface area contributed by atoms with Gasteiger partial charge >= 0.3 is 5.97 Å². The molecular weight excluding hydrogens is 206 g/mol. The van der Waals surface area contributed by atoms with Gasteiger partial charge in [-0.05, 0) is 31.6 Å². The molecule has 2 N–H and O–H groups in total. The highest BCUT2D eigenvalue weighted by Gasteiger charge is 2.40. The molecule has 2 rings (SSSR count). The van der Waals surface area contributed by atoms with Gasteiger partial charge in [0.05, 0.1) is 5.92 Å².